The maximum Gasteiger partial charge on any atom is 0.178 e. The lowest BCUT2D eigenvalue weighted by molar-refractivity contribution is 0.810. The minimum atomic E-state index is 0.644. The molecule has 3 nitrogen and oxygen atoms in total. The molecule has 1 N–H and O–H groups in total. The molecule has 2 aromatic carbocycles. The molecule has 0 unspecified atom stereocenters. The SMILES string of the molecule is N#Cc1ccc(Cn2c(=S)[nH]c3ccc(Cl)cc32)cc1. The average molecular weight is 300 g/mol. The Morgan fingerprint density at radius 3 is 2.65 bits per heavy atom. The van der Waals surface area contributed by atoms with Crippen molar-refractivity contribution in [2.75, 3.05) is 0 Å². The molecule has 0 amide bonds. The molecule has 0 fully saturated rings. The summed E-state index contributed by atoms with van der Waals surface area (Å²) in [5.74, 6) is 0. The zero-order valence-electron chi connectivity index (χ0n) is 10.4. The molecule has 20 heavy (non-hydrogen) atoms. The average Bonchev–Trinajstić information content (AvgIpc) is 2.76. The Labute approximate surface area is 126 Å². The summed E-state index contributed by atoms with van der Waals surface area (Å²) in [5.41, 5.74) is 3.68. The molecule has 0 bridgehead atoms. The zero-order valence-corrected chi connectivity index (χ0v) is 12.0. The molecular formula is C15H10ClN3S. The van der Waals surface area contributed by atoms with Crippen LogP contribution in [-0.4, -0.2) is 9.55 Å². The van der Waals surface area contributed by atoms with Gasteiger partial charge in [-0.2, -0.15) is 5.26 Å². The first-order chi connectivity index (χ1) is 9.67. The van der Waals surface area contributed by atoms with E-state index in [1.54, 1.807) is 12.1 Å². The van der Waals surface area contributed by atoms with Gasteiger partial charge in [-0.3, -0.25) is 0 Å². The van der Waals surface area contributed by atoms with E-state index in [4.69, 9.17) is 29.1 Å². The number of halogens is 1. The number of nitrogens with one attached hydrogen (secondary N) is 1. The lowest BCUT2D eigenvalue weighted by Crippen LogP contribution is -1.99. The van der Waals surface area contributed by atoms with Gasteiger partial charge < -0.3 is 9.55 Å². The number of aromatic nitrogens is 2. The minimum Gasteiger partial charge on any atom is -0.331 e. The summed E-state index contributed by atoms with van der Waals surface area (Å²) in [6.07, 6.45) is 0. The number of benzene rings is 2. The van der Waals surface area contributed by atoms with E-state index in [1.807, 2.05) is 34.9 Å². The van der Waals surface area contributed by atoms with Crippen molar-refractivity contribution in [2.45, 2.75) is 6.54 Å². The molecular weight excluding hydrogens is 290 g/mol. The molecule has 5 heteroatoms. The second-order valence-electron chi connectivity index (χ2n) is 4.49. The molecule has 0 spiro atoms. The van der Waals surface area contributed by atoms with Gasteiger partial charge in [0.05, 0.1) is 29.2 Å². The second-order valence-corrected chi connectivity index (χ2v) is 5.31. The number of nitriles is 1. The summed E-state index contributed by atoms with van der Waals surface area (Å²) in [6, 6.07) is 15.2. The summed E-state index contributed by atoms with van der Waals surface area (Å²) in [6.45, 7) is 0.644. The smallest absolute Gasteiger partial charge is 0.178 e. The number of rotatable bonds is 2. The van der Waals surface area contributed by atoms with E-state index < -0.39 is 0 Å². The maximum absolute atomic E-state index is 8.81. The molecule has 0 aliphatic carbocycles. The highest BCUT2D eigenvalue weighted by molar-refractivity contribution is 7.71. The molecule has 1 heterocycles. The molecule has 0 radical (unpaired) electrons. The summed E-state index contributed by atoms with van der Waals surface area (Å²) < 4.78 is 2.66. The van der Waals surface area contributed by atoms with Crippen molar-refractivity contribution in [3.05, 3.63) is 63.4 Å². The Balaban J connectivity index is 2.05. The first-order valence-corrected chi connectivity index (χ1v) is 6.83. The molecule has 3 rings (SSSR count). The van der Waals surface area contributed by atoms with Crippen LogP contribution in [0.15, 0.2) is 42.5 Å². The number of hydrogen-bond donors (Lipinski definition) is 1. The molecule has 98 valence electrons. The molecule has 1 aromatic heterocycles. The van der Waals surface area contributed by atoms with Crippen LogP contribution < -0.4 is 0 Å². The molecule has 0 aliphatic rings. The summed E-state index contributed by atoms with van der Waals surface area (Å²) in [5, 5.41) is 9.49. The molecule has 0 aliphatic heterocycles. The van der Waals surface area contributed by atoms with Crippen LogP contribution in [0.2, 0.25) is 5.02 Å². The van der Waals surface area contributed by atoms with E-state index >= 15 is 0 Å². The summed E-state index contributed by atoms with van der Waals surface area (Å²) in [7, 11) is 0. The molecule has 0 saturated heterocycles. The number of hydrogen-bond acceptors (Lipinski definition) is 2. The molecule has 0 atom stereocenters. The lowest BCUT2D eigenvalue weighted by Gasteiger charge is -2.05. The Hall–Kier alpha value is -2.09. The van der Waals surface area contributed by atoms with Crippen LogP contribution in [0, 0.1) is 16.1 Å². The predicted octanol–water partition coefficient (Wildman–Crippen LogP) is 4.27. The van der Waals surface area contributed by atoms with E-state index in [0.29, 0.717) is 21.9 Å². The minimum absolute atomic E-state index is 0.644. The van der Waals surface area contributed by atoms with Crippen LogP contribution in [0.4, 0.5) is 0 Å². The van der Waals surface area contributed by atoms with Crippen molar-refractivity contribution in [1.82, 2.24) is 9.55 Å². The fourth-order valence-corrected chi connectivity index (χ4v) is 2.59. The van der Waals surface area contributed by atoms with E-state index in [0.717, 1.165) is 16.6 Å². The van der Waals surface area contributed by atoms with Crippen LogP contribution >= 0.6 is 23.8 Å². The third kappa shape index (κ3) is 2.34. The van der Waals surface area contributed by atoms with Gasteiger partial charge in [-0.15, -0.1) is 0 Å². The van der Waals surface area contributed by atoms with Crippen molar-refractivity contribution < 1.29 is 0 Å². The number of aromatic amines is 1. The summed E-state index contributed by atoms with van der Waals surface area (Å²) >= 11 is 11.4. The van der Waals surface area contributed by atoms with Crippen LogP contribution in [0.5, 0.6) is 0 Å². The first-order valence-electron chi connectivity index (χ1n) is 6.04. The van der Waals surface area contributed by atoms with Crippen LogP contribution in [0.1, 0.15) is 11.1 Å². The van der Waals surface area contributed by atoms with Gasteiger partial charge in [0.25, 0.3) is 0 Å². The highest BCUT2D eigenvalue weighted by Crippen LogP contribution is 2.20. The van der Waals surface area contributed by atoms with Gasteiger partial charge in [0, 0.05) is 5.02 Å². The lowest BCUT2D eigenvalue weighted by atomic mass is 10.1. The highest BCUT2D eigenvalue weighted by Gasteiger charge is 2.06. The van der Waals surface area contributed by atoms with Gasteiger partial charge in [-0.1, -0.05) is 23.7 Å². The fraction of sp³-hybridized carbons (Fsp3) is 0.0667. The van der Waals surface area contributed by atoms with E-state index in [9.17, 15) is 0 Å². The molecule has 3 aromatic rings. The quantitative estimate of drug-likeness (QED) is 0.718. The van der Waals surface area contributed by atoms with Crippen molar-refractivity contribution in [1.29, 1.82) is 5.26 Å². The third-order valence-electron chi connectivity index (χ3n) is 3.16. The van der Waals surface area contributed by atoms with Gasteiger partial charge in [0.1, 0.15) is 0 Å². The Morgan fingerprint density at radius 2 is 1.95 bits per heavy atom. The van der Waals surface area contributed by atoms with Gasteiger partial charge >= 0.3 is 0 Å². The van der Waals surface area contributed by atoms with E-state index in [2.05, 4.69) is 11.1 Å². The van der Waals surface area contributed by atoms with E-state index in [1.165, 1.54) is 0 Å². The second kappa shape index (κ2) is 5.12. The van der Waals surface area contributed by atoms with Gasteiger partial charge in [0.2, 0.25) is 0 Å². The normalized spacial score (nSPS) is 10.6. The van der Waals surface area contributed by atoms with Crippen molar-refractivity contribution in [3.63, 3.8) is 0 Å². The topological polar surface area (TPSA) is 44.5 Å². The number of imidazole rings is 1. The predicted molar refractivity (Wildman–Crippen MR) is 82.4 cm³/mol. The van der Waals surface area contributed by atoms with Gasteiger partial charge in [-0.25, -0.2) is 0 Å². The largest absolute Gasteiger partial charge is 0.331 e. The maximum atomic E-state index is 8.81. The standard InChI is InChI=1S/C15H10ClN3S/c16-12-5-6-13-14(7-12)19(15(20)18-13)9-11-3-1-10(8-17)2-4-11/h1-7H,9H2,(H,18,20). The zero-order chi connectivity index (χ0) is 14.1. The molecule has 0 saturated carbocycles. The van der Waals surface area contributed by atoms with Crippen LogP contribution in [-0.2, 0) is 6.54 Å². The van der Waals surface area contributed by atoms with Crippen LogP contribution in [0.3, 0.4) is 0 Å². The highest BCUT2D eigenvalue weighted by atomic mass is 35.5. The van der Waals surface area contributed by atoms with Crippen molar-refractivity contribution in [2.24, 2.45) is 0 Å². The van der Waals surface area contributed by atoms with Gasteiger partial charge in [0.15, 0.2) is 4.77 Å². The number of fused-ring (bicyclic) bond motifs is 1. The number of nitrogens with zero attached hydrogens (tertiary/aromatic N) is 2. The first kappa shape index (κ1) is 12.9. The Bertz CT molecular complexity index is 869. The van der Waals surface area contributed by atoms with Crippen molar-refractivity contribution >= 4 is 34.9 Å². The Morgan fingerprint density at radius 1 is 1.20 bits per heavy atom. The third-order valence-corrected chi connectivity index (χ3v) is 3.72. The van der Waals surface area contributed by atoms with E-state index in [-0.39, 0.29) is 0 Å². The van der Waals surface area contributed by atoms with Crippen LogP contribution in [0.25, 0.3) is 11.0 Å². The fourth-order valence-electron chi connectivity index (χ4n) is 2.15. The summed E-state index contributed by atoms with van der Waals surface area (Å²) in [4.78, 5) is 3.16. The van der Waals surface area contributed by atoms with Crippen molar-refractivity contribution in [3.8, 4) is 6.07 Å². The van der Waals surface area contributed by atoms with Gasteiger partial charge in [-0.05, 0) is 48.1 Å². The number of H-pyrrole nitrogens is 1. The Kier molecular flexibility index (Phi) is 3.31. The monoisotopic (exact) mass is 299 g/mol.